The van der Waals surface area contributed by atoms with Gasteiger partial charge >= 0.3 is 0 Å². The number of nitrogens with zero attached hydrogens (tertiary/aromatic N) is 4. The maximum atomic E-state index is 6.06. The van der Waals surface area contributed by atoms with E-state index in [2.05, 4.69) is 32.2 Å². The summed E-state index contributed by atoms with van der Waals surface area (Å²) in [5, 5.41) is 5.89. The van der Waals surface area contributed by atoms with Crippen LogP contribution in [-0.4, -0.2) is 26.5 Å². The Balaban J connectivity index is 1.63. The third-order valence-electron chi connectivity index (χ3n) is 3.94. The zero-order valence-corrected chi connectivity index (χ0v) is 15.1. The summed E-state index contributed by atoms with van der Waals surface area (Å²) in [4.78, 5) is 18.3. The van der Waals surface area contributed by atoms with E-state index in [1.807, 2.05) is 48.5 Å². The fourth-order valence-corrected chi connectivity index (χ4v) is 3.47. The number of nitrogen functional groups attached to an aromatic ring is 1. The second kappa shape index (κ2) is 7.13. The average Bonchev–Trinajstić information content (AvgIpc) is 2.67. The smallest absolute Gasteiger partial charge is 0.190 e. The van der Waals surface area contributed by atoms with Gasteiger partial charge in [-0.05, 0) is 31.2 Å². The summed E-state index contributed by atoms with van der Waals surface area (Å²) in [7, 11) is 0. The molecule has 3 N–H and O–H groups in total. The first-order chi connectivity index (χ1) is 12.7. The highest BCUT2D eigenvalue weighted by molar-refractivity contribution is 7.98. The molecular formula is C19H18N6S. The molecule has 130 valence electrons. The Morgan fingerprint density at radius 2 is 1.58 bits per heavy atom. The van der Waals surface area contributed by atoms with Crippen molar-refractivity contribution in [3.63, 3.8) is 0 Å². The van der Waals surface area contributed by atoms with E-state index in [9.17, 15) is 0 Å². The van der Waals surface area contributed by atoms with Crippen molar-refractivity contribution >= 4 is 45.2 Å². The Morgan fingerprint density at radius 1 is 0.885 bits per heavy atom. The van der Waals surface area contributed by atoms with Crippen molar-refractivity contribution in [1.29, 1.82) is 0 Å². The van der Waals surface area contributed by atoms with Crippen molar-refractivity contribution in [3.8, 4) is 0 Å². The SMILES string of the molecule is CCNc1nc(SCc2nc(N)c3ccccc3n2)nc2ccccc12. The number of fused-ring (bicyclic) bond motifs is 2. The Kier molecular flexibility index (Phi) is 4.53. The highest BCUT2D eigenvalue weighted by Gasteiger charge is 2.10. The summed E-state index contributed by atoms with van der Waals surface area (Å²) in [6.07, 6.45) is 0. The van der Waals surface area contributed by atoms with Gasteiger partial charge in [-0.15, -0.1) is 0 Å². The van der Waals surface area contributed by atoms with Gasteiger partial charge in [0.25, 0.3) is 0 Å². The van der Waals surface area contributed by atoms with E-state index in [1.54, 1.807) is 0 Å². The molecule has 0 saturated heterocycles. The standard InChI is InChI=1S/C19H18N6S/c1-2-21-18-13-8-4-6-10-15(13)23-19(25-18)26-11-16-22-14-9-5-3-7-12(14)17(20)24-16/h3-10H,2,11H2,1H3,(H2,20,22,24)(H,21,23,25). The maximum Gasteiger partial charge on any atom is 0.190 e. The zero-order chi connectivity index (χ0) is 17.9. The summed E-state index contributed by atoms with van der Waals surface area (Å²) in [6, 6.07) is 15.7. The molecule has 7 heteroatoms. The lowest BCUT2D eigenvalue weighted by molar-refractivity contribution is 0.985. The van der Waals surface area contributed by atoms with Gasteiger partial charge in [0, 0.05) is 17.3 Å². The summed E-state index contributed by atoms with van der Waals surface area (Å²) in [5.74, 6) is 2.57. The third-order valence-corrected chi connectivity index (χ3v) is 4.78. The van der Waals surface area contributed by atoms with Crippen LogP contribution in [0.5, 0.6) is 0 Å². The third kappa shape index (κ3) is 3.25. The van der Waals surface area contributed by atoms with Crippen molar-refractivity contribution in [2.24, 2.45) is 0 Å². The number of hydrogen-bond acceptors (Lipinski definition) is 7. The number of nitrogens with one attached hydrogen (secondary N) is 1. The van der Waals surface area contributed by atoms with Gasteiger partial charge in [0.15, 0.2) is 5.16 Å². The van der Waals surface area contributed by atoms with Crippen molar-refractivity contribution < 1.29 is 0 Å². The lowest BCUT2D eigenvalue weighted by Gasteiger charge is -2.09. The molecule has 0 atom stereocenters. The second-order valence-corrected chi connectivity index (χ2v) is 6.68. The molecule has 4 rings (SSSR count). The van der Waals surface area contributed by atoms with E-state index < -0.39 is 0 Å². The maximum absolute atomic E-state index is 6.06. The number of aromatic nitrogens is 4. The summed E-state index contributed by atoms with van der Waals surface area (Å²) < 4.78 is 0. The van der Waals surface area contributed by atoms with E-state index in [0.29, 0.717) is 22.6 Å². The number of rotatable bonds is 5. The first kappa shape index (κ1) is 16.5. The lowest BCUT2D eigenvalue weighted by Crippen LogP contribution is -2.03. The fraction of sp³-hybridized carbons (Fsp3) is 0.158. The molecule has 0 unspecified atom stereocenters. The van der Waals surface area contributed by atoms with Gasteiger partial charge in [0.05, 0.1) is 16.8 Å². The average molecular weight is 362 g/mol. The van der Waals surface area contributed by atoms with Gasteiger partial charge in [0.1, 0.15) is 17.5 Å². The van der Waals surface area contributed by atoms with Crippen LogP contribution in [0.15, 0.2) is 53.7 Å². The molecule has 0 radical (unpaired) electrons. The van der Waals surface area contributed by atoms with Crippen LogP contribution < -0.4 is 11.1 Å². The number of para-hydroxylation sites is 2. The molecule has 4 aromatic rings. The second-order valence-electron chi connectivity index (χ2n) is 5.73. The molecule has 0 aliphatic rings. The number of hydrogen-bond donors (Lipinski definition) is 2. The topological polar surface area (TPSA) is 89.6 Å². The van der Waals surface area contributed by atoms with E-state index in [4.69, 9.17) is 5.73 Å². The minimum absolute atomic E-state index is 0.499. The first-order valence-electron chi connectivity index (χ1n) is 8.39. The normalized spacial score (nSPS) is 11.1. The monoisotopic (exact) mass is 362 g/mol. The largest absolute Gasteiger partial charge is 0.383 e. The lowest BCUT2D eigenvalue weighted by atomic mass is 10.2. The van der Waals surface area contributed by atoms with Crippen LogP contribution >= 0.6 is 11.8 Å². The molecule has 0 fully saturated rings. The van der Waals surface area contributed by atoms with Crippen LogP contribution in [0.4, 0.5) is 11.6 Å². The van der Waals surface area contributed by atoms with Crippen LogP contribution in [0, 0.1) is 0 Å². The van der Waals surface area contributed by atoms with Gasteiger partial charge < -0.3 is 11.1 Å². The molecule has 0 saturated carbocycles. The Morgan fingerprint density at radius 3 is 2.35 bits per heavy atom. The summed E-state index contributed by atoms with van der Waals surface area (Å²) in [6.45, 7) is 2.85. The molecular weight excluding hydrogens is 344 g/mol. The van der Waals surface area contributed by atoms with Crippen LogP contribution in [0.1, 0.15) is 12.7 Å². The van der Waals surface area contributed by atoms with Crippen molar-refractivity contribution in [2.75, 3.05) is 17.6 Å². The number of nitrogens with two attached hydrogens (primary N) is 1. The molecule has 2 aromatic carbocycles. The van der Waals surface area contributed by atoms with Gasteiger partial charge in [-0.25, -0.2) is 19.9 Å². The Hall–Kier alpha value is -2.93. The zero-order valence-electron chi connectivity index (χ0n) is 14.3. The Labute approximate surface area is 155 Å². The highest BCUT2D eigenvalue weighted by Crippen LogP contribution is 2.26. The number of benzene rings is 2. The van der Waals surface area contributed by atoms with Crippen LogP contribution in [-0.2, 0) is 5.75 Å². The molecule has 26 heavy (non-hydrogen) atoms. The van der Waals surface area contributed by atoms with Gasteiger partial charge in [-0.3, -0.25) is 0 Å². The van der Waals surface area contributed by atoms with E-state index in [0.717, 1.165) is 34.2 Å². The van der Waals surface area contributed by atoms with E-state index >= 15 is 0 Å². The quantitative estimate of drug-likeness (QED) is 0.411. The van der Waals surface area contributed by atoms with Crippen LogP contribution in [0.25, 0.3) is 21.8 Å². The van der Waals surface area contributed by atoms with E-state index in [-0.39, 0.29) is 0 Å². The minimum atomic E-state index is 0.499. The van der Waals surface area contributed by atoms with Crippen molar-refractivity contribution in [1.82, 2.24) is 19.9 Å². The number of anilines is 2. The molecule has 0 aliphatic carbocycles. The van der Waals surface area contributed by atoms with Crippen molar-refractivity contribution in [3.05, 3.63) is 54.4 Å². The van der Waals surface area contributed by atoms with Crippen LogP contribution in [0.3, 0.4) is 0 Å². The highest BCUT2D eigenvalue weighted by atomic mass is 32.2. The summed E-state index contributed by atoms with van der Waals surface area (Å²) >= 11 is 1.50. The molecule has 2 heterocycles. The van der Waals surface area contributed by atoms with Crippen molar-refractivity contribution in [2.45, 2.75) is 17.8 Å². The Bertz CT molecular complexity index is 1080. The molecule has 0 aliphatic heterocycles. The molecule has 6 nitrogen and oxygen atoms in total. The van der Waals surface area contributed by atoms with Gasteiger partial charge in [-0.1, -0.05) is 36.0 Å². The predicted molar refractivity (Wildman–Crippen MR) is 107 cm³/mol. The minimum Gasteiger partial charge on any atom is -0.383 e. The fourth-order valence-electron chi connectivity index (χ4n) is 2.77. The molecule has 0 bridgehead atoms. The van der Waals surface area contributed by atoms with E-state index in [1.165, 1.54) is 11.8 Å². The predicted octanol–water partition coefficient (Wildman–Crippen LogP) is 3.88. The van der Waals surface area contributed by atoms with Crippen LogP contribution in [0.2, 0.25) is 0 Å². The summed E-state index contributed by atoms with van der Waals surface area (Å²) in [5.41, 5.74) is 7.83. The molecule has 0 spiro atoms. The number of thioether (sulfide) groups is 1. The molecule has 0 amide bonds. The van der Waals surface area contributed by atoms with Gasteiger partial charge in [-0.2, -0.15) is 0 Å². The molecule has 2 aromatic heterocycles. The first-order valence-corrected chi connectivity index (χ1v) is 9.37. The van der Waals surface area contributed by atoms with Gasteiger partial charge in [0.2, 0.25) is 0 Å².